The van der Waals surface area contributed by atoms with Crippen molar-refractivity contribution in [3.05, 3.63) is 0 Å². The Morgan fingerprint density at radius 2 is 1.74 bits per heavy atom. The highest BCUT2D eigenvalue weighted by Gasteiger charge is 2.31. The molecule has 0 radical (unpaired) electrons. The molecule has 2 rings (SSSR count). The van der Waals surface area contributed by atoms with Gasteiger partial charge in [-0.15, -0.1) is 6.42 Å². The molecule has 0 aromatic heterocycles. The Morgan fingerprint density at radius 3 is 2.38 bits per heavy atom. The lowest BCUT2D eigenvalue weighted by molar-refractivity contribution is -0.144. The quantitative estimate of drug-likeness (QED) is 0.222. The number of carbonyl (C=O) groups excluding carboxylic acids is 4. The van der Waals surface area contributed by atoms with Gasteiger partial charge in [-0.1, -0.05) is 32.1 Å². The Hall–Kier alpha value is -2.76. The molecule has 2 fully saturated rings. The average Bonchev–Trinajstić information content (AvgIpc) is 2.90. The van der Waals surface area contributed by atoms with Crippen molar-refractivity contribution in [2.75, 3.05) is 32.8 Å². The minimum atomic E-state index is -0.724. The first-order chi connectivity index (χ1) is 18.5. The van der Waals surface area contributed by atoms with Crippen LogP contribution in [-0.4, -0.2) is 78.1 Å². The molecule has 0 bridgehead atoms. The van der Waals surface area contributed by atoms with E-state index in [0.717, 1.165) is 51.4 Å². The molecule has 39 heavy (non-hydrogen) atoms. The van der Waals surface area contributed by atoms with Crippen LogP contribution in [0.2, 0.25) is 0 Å². The lowest BCUT2D eigenvalue weighted by Crippen LogP contribution is -2.47. The van der Waals surface area contributed by atoms with Gasteiger partial charge in [-0.2, -0.15) is 0 Å². The smallest absolute Gasteiger partial charge is 0.410 e. The van der Waals surface area contributed by atoms with E-state index in [1.54, 1.807) is 9.80 Å². The number of esters is 1. The molecule has 2 heterocycles. The topological polar surface area (TPSA) is 105 Å². The molecule has 2 atom stereocenters. The monoisotopic (exact) mass is 547 g/mol. The summed E-state index contributed by atoms with van der Waals surface area (Å²) in [7, 11) is 0. The molecule has 2 saturated heterocycles. The van der Waals surface area contributed by atoms with E-state index in [0.29, 0.717) is 51.5 Å². The zero-order valence-corrected chi connectivity index (χ0v) is 24.5. The number of piperidine rings is 2. The van der Waals surface area contributed by atoms with Gasteiger partial charge in [-0.3, -0.25) is 14.4 Å². The Kier molecular flexibility index (Phi) is 13.6. The third-order valence-corrected chi connectivity index (χ3v) is 7.33. The van der Waals surface area contributed by atoms with Crippen molar-refractivity contribution in [2.24, 2.45) is 11.8 Å². The van der Waals surface area contributed by atoms with Crippen LogP contribution in [-0.2, 0) is 23.9 Å². The van der Waals surface area contributed by atoms with Gasteiger partial charge in [-0.25, -0.2) is 4.79 Å². The van der Waals surface area contributed by atoms with Crippen molar-refractivity contribution >= 4 is 23.9 Å². The number of unbranched alkanes of at least 4 members (excludes halogenated alkanes) is 3. The fourth-order valence-corrected chi connectivity index (χ4v) is 5.02. The summed E-state index contributed by atoms with van der Waals surface area (Å²) in [6.45, 7) is 10.4. The Labute approximate surface area is 234 Å². The molecule has 2 aliphatic heterocycles. The van der Waals surface area contributed by atoms with E-state index in [2.05, 4.69) is 18.2 Å². The standard InChI is InChI=1S/C30H49N3O6/c1-6-8-9-10-20-38-27(35)21-25(7-2)31-28(36)24-12-11-17-33(22-24)26(34)14-13-23-15-18-32(19-16-23)29(37)39-30(3,4)5/h2,23-25H,6,8-22H2,1,3-5H3,(H,31,36)/t24-,25?/m1/s1. The number of hydrogen-bond acceptors (Lipinski definition) is 6. The lowest BCUT2D eigenvalue weighted by atomic mass is 9.91. The van der Waals surface area contributed by atoms with Gasteiger partial charge < -0.3 is 24.6 Å². The molecule has 9 nitrogen and oxygen atoms in total. The average molecular weight is 548 g/mol. The number of nitrogens with zero attached hydrogens (tertiary/aromatic N) is 2. The number of nitrogens with one attached hydrogen (secondary N) is 1. The van der Waals surface area contributed by atoms with Crippen LogP contribution in [0.1, 0.15) is 98.3 Å². The highest BCUT2D eigenvalue weighted by molar-refractivity contribution is 5.82. The molecule has 3 amide bonds. The number of hydrogen-bond donors (Lipinski definition) is 1. The summed E-state index contributed by atoms with van der Waals surface area (Å²) in [5.74, 6) is 1.95. The number of amides is 3. The summed E-state index contributed by atoms with van der Waals surface area (Å²) < 4.78 is 10.7. The van der Waals surface area contributed by atoms with E-state index < -0.39 is 17.6 Å². The summed E-state index contributed by atoms with van der Waals surface area (Å²) in [5, 5.41) is 2.79. The Morgan fingerprint density at radius 1 is 1.03 bits per heavy atom. The fourth-order valence-electron chi connectivity index (χ4n) is 5.02. The Balaban J connectivity index is 1.71. The molecule has 0 saturated carbocycles. The summed E-state index contributed by atoms with van der Waals surface area (Å²) in [6.07, 6.45) is 13.6. The van der Waals surface area contributed by atoms with E-state index in [-0.39, 0.29) is 30.2 Å². The van der Waals surface area contributed by atoms with Gasteiger partial charge in [0.2, 0.25) is 11.8 Å². The molecule has 0 aliphatic carbocycles. The first kappa shape index (κ1) is 32.5. The summed E-state index contributed by atoms with van der Waals surface area (Å²) in [6, 6.07) is -0.724. The molecule has 1 unspecified atom stereocenters. The first-order valence-corrected chi connectivity index (χ1v) is 14.7. The summed E-state index contributed by atoms with van der Waals surface area (Å²) in [4.78, 5) is 53.7. The fraction of sp³-hybridized carbons (Fsp3) is 0.800. The molecule has 220 valence electrons. The van der Waals surface area contributed by atoms with Crippen LogP contribution < -0.4 is 5.32 Å². The molecule has 9 heteroatoms. The SMILES string of the molecule is C#CC(CC(=O)OCCCCCC)NC(=O)[C@@H]1CCCN(C(=O)CCC2CCN(C(=O)OC(C)(C)C)CC2)C1. The van der Waals surface area contributed by atoms with Crippen molar-refractivity contribution < 1.29 is 28.7 Å². The van der Waals surface area contributed by atoms with E-state index in [1.807, 2.05) is 20.8 Å². The molecule has 1 N–H and O–H groups in total. The van der Waals surface area contributed by atoms with Gasteiger partial charge in [0.1, 0.15) is 11.6 Å². The lowest BCUT2D eigenvalue weighted by Gasteiger charge is -2.34. The van der Waals surface area contributed by atoms with Gasteiger partial charge in [0.25, 0.3) is 0 Å². The zero-order valence-electron chi connectivity index (χ0n) is 24.5. The molecular weight excluding hydrogens is 498 g/mol. The van der Waals surface area contributed by atoms with Crippen molar-refractivity contribution in [3.63, 3.8) is 0 Å². The number of likely N-dealkylation sites (tertiary alicyclic amines) is 2. The maximum atomic E-state index is 12.9. The normalized spacial score (nSPS) is 19.1. The zero-order chi connectivity index (χ0) is 28.8. The molecule has 2 aliphatic rings. The molecule has 0 aromatic rings. The summed E-state index contributed by atoms with van der Waals surface area (Å²) in [5.41, 5.74) is -0.509. The third kappa shape index (κ3) is 12.3. The van der Waals surface area contributed by atoms with Crippen molar-refractivity contribution in [2.45, 2.75) is 110 Å². The van der Waals surface area contributed by atoms with Crippen LogP contribution >= 0.6 is 0 Å². The number of terminal acetylenes is 1. The molecular formula is C30H49N3O6. The second-order valence-corrected chi connectivity index (χ2v) is 11.8. The maximum absolute atomic E-state index is 12.9. The second kappa shape index (κ2) is 16.4. The maximum Gasteiger partial charge on any atom is 0.410 e. The minimum absolute atomic E-state index is 0.0574. The van der Waals surface area contributed by atoms with Crippen LogP contribution in [0.25, 0.3) is 0 Å². The summed E-state index contributed by atoms with van der Waals surface area (Å²) >= 11 is 0. The predicted molar refractivity (Wildman–Crippen MR) is 150 cm³/mol. The first-order valence-electron chi connectivity index (χ1n) is 14.7. The number of carbonyl (C=O) groups is 4. The predicted octanol–water partition coefficient (Wildman–Crippen LogP) is 4.28. The van der Waals surface area contributed by atoms with Gasteiger partial charge in [0.05, 0.1) is 18.9 Å². The Bertz CT molecular complexity index is 854. The minimum Gasteiger partial charge on any atom is -0.466 e. The van der Waals surface area contributed by atoms with Crippen molar-refractivity contribution in [1.82, 2.24) is 15.1 Å². The van der Waals surface area contributed by atoms with Gasteiger partial charge in [0, 0.05) is 32.6 Å². The van der Waals surface area contributed by atoms with Crippen LogP contribution in [0, 0.1) is 24.2 Å². The third-order valence-electron chi connectivity index (χ3n) is 7.33. The van der Waals surface area contributed by atoms with Crippen molar-refractivity contribution in [3.8, 4) is 12.3 Å². The van der Waals surface area contributed by atoms with E-state index >= 15 is 0 Å². The van der Waals surface area contributed by atoms with Gasteiger partial charge in [0.15, 0.2) is 0 Å². The van der Waals surface area contributed by atoms with Crippen molar-refractivity contribution in [1.29, 1.82) is 0 Å². The van der Waals surface area contributed by atoms with Gasteiger partial charge in [-0.05, 0) is 65.2 Å². The van der Waals surface area contributed by atoms with E-state index in [1.165, 1.54) is 0 Å². The highest BCUT2D eigenvalue weighted by atomic mass is 16.6. The van der Waals surface area contributed by atoms with Gasteiger partial charge >= 0.3 is 12.1 Å². The molecule has 0 spiro atoms. The largest absolute Gasteiger partial charge is 0.466 e. The van der Waals surface area contributed by atoms with Crippen LogP contribution in [0.5, 0.6) is 0 Å². The number of ether oxygens (including phenoxy) is 2. The van der Waals surface area contributed by atoms with Crippen LogP contribution in [0.3, 0.4) is 0 Å². The second-order valence-electron chi connectivity index (χ2n) is 11.8. The van der Waals surface area contributed by atoms with E-state index in [4.69, 9.17) is 15.9 Å². The van der Waals surface area contributed by atoms with Crippen LogP contribution in [0.15, 0.2) is 0 Å². The highest BCUT2D eigenvalue weighted by Crippen LogP contribution is 2.25. The van der Waals surface area contributed by atoms with Crippen LogP contribution in [0.4, 0.5) is 4.79 Å². The molecule has 0 aromatic carbocycles. The van der Waals surface area contributed by atoms with E-state index in [9.17, 15) is 19.2 Å². The number of rotatable bonds is 12.